The van der Waals surface area contributed by atoms with E-state index in [4.69, 9.17) is 18.9 Å². The van der Waals surface area contributed by atoms with Crippen LogP contribution in [-0.4, -0.2) is 57.2 Å². The Bertz CT molecular complexity index is 1320. The first-order chi connectivity index (χ1) is 18.4. The number of nitrogens with one attached hydrogen (secondary N) is 1. The summed E-state index contributed by atoms with van der Waals surface area (Å²) >= 11 is 0. The third-order valence-electron chi connectivity index (χ3n) is 6.13. The number of ether oxygens (including phenoxy) is 4. The summed E-state index contributed by atoms with van der Waals surface area (Å²) in [6.45, 7) is 0.104. The van der Waals surface area contributed by atoms with Crippen LogP contribution in [-0.2, 0) is 16.1 Å². The normalized spacial score (nSPS) is 14.9. The zero-order valence-electron chi connectivity index (χ0n) is 21.6. The van der Waals surface area contributed by atoms with E-state index in [0.717, 1.165) is 10.5 Å². The Labute approximate surface area is 220 Å². The second-order valence-corrected chi connectivity index (χ2v) is 8.51. The Balaban J connectivity index is 1.63. The highest BCUT2D eigenvalue weighted by Crippen LogP contribution is 2.31. The predicted octanol–water partition coefficient (Wildman–Crippen LogP) is 4.09. The van der Waals surface area contributed by atoms with Crippen molar-refractivity contribution in [1.29, 1.82) is 0 Å². The van der Waals surface area contributed by atoms with Gasteiger partial charge in [-0.3, -0.25) is 9.59 Å². The number of methoxy groups -OCH3 is 4. The quantitative estimate of drug-likeness (QED) is 0.402. The van der Waals surface area contributed by atoms with Gasteiger partial charge in [0.25, 0.3) is 5.91 Å². The molecule has 1 aliphatic rings. The largest absolute Gasteiger partial charge is 0.497 e. The van der Waals surface area contributed by atoms with Gasteiger partial charge in [-0.15, -0.1) is 0 Å². The van der Waals surface area contributed by atoms with Crippen molar-refractivity contribution in [2.75, 3.05) is 38.7 Å². The topological polar surface area (TPSA) is 107 Å². The molecule has 0 spiro atoms. The molecule has 3 aromatic rings. The smallest absolute Gasteiger partial charge is 0.332 e. The van der Waals surface area contributed by atoms with E-state index in [1.165, 1.54) is 26.2 Å². The number of nitrogens with zero attached hydrogens (tertiary/aromatic N) is 2. The first-order valence-corrected chi connectivity index (χ1v) is 11.8. The van der Waals surface area contributed by atoms with Gasteiger partial charge in [-0.2, -0.15) is 0 Å². The van der Waals surface area contributed by atoms with Gasteiger partial charge in [0, 0.05) is 36.5 Å². The Morgan fingerprint density at radius 3 is 2.03 bits per heavy atom. The summed E-state index contributed by atoms with van der Waals surface area (Å²) in [6, 6.07) is 17.2. The zero-order valence-corrected chi connectivity index (χ0v) is 21.6. The van der Waals surface area contributed by atoms with Crippen molar-refractivity contribution in [2.45, 2.75) is 19.0 Å². The fourth-order valence-electron chi connectivity index (χ4n) is 4.24. The highest BCUT2D eigenvalue weighted by atomic mass is 16.5. The minimum absolute atomic E-state index is 0.104. The van der Waals surface area contributed by atoms with Gasteiger partial charge in [-0.05, 0) is 29.8 Å². The molecule has 10 nitrogen and oxygen atoms in total. The summed E-state index contributed by atoms with van der Waals surface area (Å²) in [5.74, 6) is 1.15. The average molecular weight is 520 g/mol. The molecular weight excluding hydrogens is 490 g/mol. The van der Waals surface area contributed by atoms with Crippen LogP contribution in [0.5, 0.6) is 23.0 Å². The van der Waals surface area contributed by atoms with Crippen LogP contribution in [0.4, 0.5) is 16.2 Å². The van der Waals surface area contributed by atoms with Crippen LogP contribution in [0.2, 0.25) is 0 Å². The van der Waals surface area contributed by atoms with E-state index in [9.17, 15) is 14.4 Å². The molecule has 0 saturated carbocycles. The Hall–Kier alpha value is -4.73. The summed E-state index contributed by atoms with van der Waals surface area (Å²) < 4.78 is 21.1. The second-order valence-electron chi connectivity index (χ2n) is 8.51. The number of carbonyl (C=O) groups excluding carboxylic acids is 3. The van der Waals surface area contributed by atoms with Crippen LogP contribution in [0.1, 0.15) is 12.0 Å². The van der Waals surface area contributed by atoms with Crippen molar-refractivity contribution in [3.05, 3.63) is 72.3 Å². The maximum atomic E-state index is 13.6. The molecule has 0 aromatic heterocycles. The van der Waals surface area contributed by atoms with E-state index in [0.29, 0.717) is 34.4 Å². The van der Waals surface area contributed by atoms with Crippen LogP contribution < -0.4 is 29.2 Å². The molecule has 0 radical (unpaired) electrons. The number of anilines is 2. The molecule has 4 rings (SSSR count). The van der Waals surface area contributed by atoms with Crippen LogP contribution in [0.15, 0.2) is 66.7 Å². The van der Waals surface area contributed by atoms with Gasteiger partial charge in [0.1, 0.15) is 29.0 Å². The number of carbonyl (C=O) groups is 3. The van der Waals surface area contributed by atoms with Gasteiger partial charge in [0.15, 0.2) is 0 Å². The first-order valence-electron chi connectivity index (χ1n) is 11.8. The number of benzene rings is 3. The van der Waals surface area contributed by atoms with Gasteiger partial charge in [-0.1, -0.05) is 18.2 Å². The highest BCUT2D eigenvalue weighted by Gasteiger charge is 2.46. The molecule has 198 valence electrons. The van der Waals surface area contributed by atoms with Gasteiger partial charge < -0.3 is 29.2 Å². The molecule has 0 aliphatic carbocycles. The van der Waals surface area contributed by atoms with E-state index in [1.807, 2.05) is 6.07 Å². The van der Waals surface area contributed by atoms with Crippen molar-refractivity contribution in [3.63, 3.8) is 0 Å². The molecule has 1 N–H and O–H groups in total. The second kappa shape index (κ2) is 11.5. The first kappa shape index (κ1) is 26.3. The predicted molar refractivity (Wildman–Crippen MR) is 141 cm³/mol. The van der Waals surface area contributed by atoms with Crippen molar-refractivity contribution in [2.24, 2.45) is 0 Å². The molecule has 38 heavy (non-hydrogen) atoms. The molecule has 1 fully saturated rings. The standard InChI is InChI=1S/C28H29N3O7/c1-35-21-9-5-7-18(11-21)17-30-25(16-26(32)29-19-12-23(37-3)15-24(13-19)38-4)27(33)31(28(30)34)20-8-6-10-22(14-20)36-2/h5-15,25H,16-17H2,1-4H3,(H,29,32). The number of hydrogen-bond acceptors (Lipinski definition) is 7. The summed E-state index contributed by atoms with van der Waals surface area (Å²) in [6.07, 6.45) is -0.255. The molecule has 3 aromatic carbocycles. The van der Waals surface area contributed by atoms with E-state index in [-0.39, 0.29) is 13.0 Å². The summed E-state index contributed by atoms with van der Waals surface area (Å²) in [5.41, 5.74) is 1.54. The number of amides is 4. The minimum atomic E-state index is -1.03. The van der Waals surface area contributed by atoms with Crippen LogP contribution in [0, 0.1) is 0 Å². The maximum Gasteiger partial charge on any atom is 0.332 e. The van der Waals surface area contributed by atoms with E-state index in [2.05, 4.69) is 5.32 Å². The molecule has 1 saturated heterocycles. The minimum Gasteiger partial charge on any atom is -0.497 e. The molecule has 0 bridgehead atoms. The van der Waals surface area contributed by atoms with Crippen LogP contribution in [0.3, 0.4) is 0 Å². The number of hydrogen-bond donors (Lipinski definition) is 1. The number of imide groups is 1. The molecular formula is C28H29N3O7. The lowest BCUT2D eigenvalue weighted by atomic mass is 10.1. The molecule has 10 heteroatoms. The van der Waals surface area contributed by atoms with E-state index in [1.54, 1.807) is 67.8 Å². The molecule has 1 heterocycles. The monoisotopic (exact) mass is 519 g/mol. The van der Waals surface area contributed by atoms with Crippen molar-refractivity contribution in [1.82, 2.24) is 4.90 Å². The average Bonchev–Trinajstić information content (AvgIpc) is 3.16. The Kier molecular flexibility index (Phi) is 8.00. The van der Waals surface area contributed by atoms with Crippen LogP contribution >= 0.6 is 0 Å². The Morgan fingerprint density at radius 2 is 1.39 bits per heavy atom. The zero-order chi connectivity index (χ0) is 27.2. The number of urea groups is 1. The lowest BCUT2D eigenvalue weighted by Gasteiger charge is -2.22. The molecule has 1 atom stereocenters. The summed E-state index contributed by atoms with van der Waals surface area (Å²) in [7, 11) is 6.07. The molecule has 4 amide bonds. The van der Waals surface area contributed by atoms with Gasteiger partial charge in [0.05, 0.1) is 40.5 Å². The lowest BCUT2D eigenvalue weighted by Crippen LogP contribution is -2.37. The van der Waals surface area contributed by atoms with Crippen molar-refractivity contribution >= 4 is 29.2 Å². The van der Waals surface area contributed by atoms with Crippen molar-refractivity contribution < 1.29 is 33.3 Å². The molecule has 1 unspecified atom stereocenters. The van der Waals surface area contributed by atoms with Gasteiger partial charge in [0.2, 0.25) is 5.91 Å². The summed E-state index contributed by atoms with van der Waals surface area (Å²) in [5, 5.41) is 2.78. The third-order valence-corrected chi connectivity index (χ3v) is 6.13. The third kappa shape index (κ3) is 5.64. The molecule has 1 aliphatic heterocycles. The fourth-order valence-corrected chi connectivity index (χ4v) is 4.24. The highest BCUT2D eigenvalue weighted by molar-refractivity contribution is 6.22. The lowest BCUT2D eigenvalue weighted by molar-refractivity contribution is -0.124. The van der Waals surface area contributed by atoms with E-state index < -0.39 is 23.9 Å². The van der Waals surface area contributed by atoms with Gasteiger partial charge >= 0.3 is 6.03 Å². The SMILES string of the molecule is COc1cccc(CN2C(=O)N(c3cccc(OC)c3)C(=O)C2CC(=O)Nc2cc(OC)cc(OC)c2)c1. The van der Waals surface area contributed by atoms with E-state index >= 15 is 0 Å². The fraction of sp³-hybridized carbons (Fsp3) is 0.250. The number of rotatable bonds is 10. The summed E-state index contributed by atoms with van der Waals surface area (Å²) in [4.78, 5) is 42.8. The van der Waals surface area contributed by atoms with Crippen LogP contribution in [0.25, 0.3) is 0 Å². The Morgan fingerprint density at radius 1 is 0.789 bits per heavy atom. The van der Waals surface area contributed by atoms with Gasteiger partial charge in [-0.25, -0.2) is 9.69 Å². The van der Waals surface area contributed by atoms with Crippen molar-refractivity contribution in [3.8, 4) is 23.0 Å². The maximum absolute atomic E-state index is 13.6.